The van der Waals surface area contributed by atoms with Crippen LogP contribution in [0.3, 0.4) is 0 Å². The number of nitrogens with one attached hydrogen (secondary N) is 1. The van der Waals surface area contributed by atoms with E-state index in [0.717, 1.165) is 18.8 Å². The first-order valence-electron chi connectivity index (χ1n) is 8.84. The number of ether oxygens (including phenoxy) is 1. The van der Waals surface area contributed by atoms with Gasteiger partial charge in [-0.1, -0.05) is 12.1 Å². The highest BCUT2D eigenvalue weighted by Crippen LogP contribution is 2.17. The molecule has 1 saturated heterocycles. The van der Waals surface area contributed by atoms with Crippen LogP contribution in [-0.2, 0) is 16.1 Å². The molecule has 25 heavy (non-hydrogen) atoms. The molecule has 1 aliphatic heterocycles. The Hall–Kier alpha value is -2.08. The quantitative estimate of drug-likeness (QED) is 0.877. The monoisotopic (exact) mass is 347 g/mol. The van der Waals surface area contributed by atoms with Gasteiger partial charge in [-0.3, -0.25) is 14.5 Å². The summed E-state index contributed by atoms with van der Waals surface area (Å²) in [6.07, 6.45) is 0.155. The highest BCUT2D eigenvalue weighted by molar-refractivity contribution is 5.80. The normalized spacial score (nSPS) is 18.8. The maximum Gasteiger partial charge on any atom is 0.225 e. The number of hydrogen-bond donors (Lipinski definition) is 1. The molecule has 0 aromatic heterocycles. The molecular formula is C19H29N3O3. The van der Waals surface area contributed by atoms with Gasteiger partial charge in [0.25, 0.3) is 0 Å². The third-order valence-electron chi connectivity index (χ3n) is 4.37. The molecule has 6 heteroatoms. The summed E-state index contributed by atoms with van der Waals surface area (Å²) in [7, 11) is 1.64. The van der Waals surface area contributed by atoms with Crippen molar-refractivity contribution in [2.24, 2.45) is 5.92 Å². The van der Waals surface area contributed by atoms with E-state index in [2.05, 4.69) is 22.3 Å². The van der Waals surface area contributed by atoms with Crippen LogP contribution in [0.2, 0.25) is 0 Å². The van der Waals surface area contributed by atoms with Crippen molar-refractivity contribution in [3.05, 3.63) is 29.8 Å². The topological polar surface area (TPSA) is 61.9 Å². The molecule has 0 radical (unpaired) electrons. The standard InChI is InChI=1S/C19H29N3O3/c1-14(2)25-18-7-5-16(6-8-18)11-21-9-10-22(15(3)23)13-17(12-21)19(24)20-4/h5-8,14,17H,9-13H2,1-4H3,(H,20,24)/t17-/m0/s1. The number of carbonyl (C=O) groups excluding carboxylic acids is 2. The Morgan fingerprint density at radius 2 is 1.88 bits per heavy atom. The Morgan fingerprint density at radius 3 is 2.44 bits per heavy atom. The lowest BCUT2D eigenvalue weighted by atomic mass is 10.1. The fourth-order valence-corrected chi connectivity index (χ4v) is 3.08. The smallest absolute Gasteiger partial charge is 0.225 e. The molecule has 138 valence electrons. The number of benzene rings is 1. The van der Waals surface area contributed by atoms with E-state index in [1.54, 1.807) is 18.9 Å². The Bertz CT molecular complexity index is 586. The zero-order valence-electron chi connectivity index (χ0n) is 15.6. The molecule has 1 atom stereocenters. The summed E-state index contributed by atoms with van der Waals surface area (Å²) in [4.78, 5) is 27.9. The van der Waals surface area contributed by atoms with E-state index in [-0.39, 0.29) is 23.8 Å². The summed E-state index contributed by atoms with van der Waals surface area (Å²) in [5.74, 6) is 0.658. The van der Waals surface area contributed by atoms with E-state index >= 15 is 0 Å². The Kier molecular flexibility index (Phi) is 6.82. The van der Waals surface area contributed by atoms with Crippen LogP contribution in [0, 0.1) is 5.92 Å². The number of amides is 2. The molecule has 2 rings (SSSR count). The van der Waals surface area contributed by atoms with Crippen LogP contribution in [-0.4, -0.2) is 60.9 Å². The van der Waals surface area contributed by atoms with Crippen molar-refractivity contribution in [2.75, 3.05) is 33.2 Å². The van der Waals surface area contributed by atoms with Crippen LogP contribution in [0.4, 0.5) is 0 Å². The lowest BCUT2D eigenvalue weighted by Gasteiger charge is -2.23. The van der Waals surface area contributed by atoms with Gasteiger partial charge in [0.15, 0.2) is 0 Å². The molecule has 0 bridgehead atoms. The lowest BCUT2D eigenvalue weighted by molar-refractivity contribution is -0.130. The first kappa shape index (κ1) is 19.2. The highest BCUT2D eigenvalue weighted by atomic mass is 16.5. The molecule has 1 aromatic rings. The van der Waals surface area contributed by atoms with Crippen molar-refractivity contribution in [1.29, 1.82) is 0 Å². The van der Waals surface area contributed by atoms with E-state index in [1.165, 1.54) is 5.56 Å². The van der Waals surface area contributed by atoms with Crippen LogP contribution in [0.25, 0.3) is 0 Å². The van der Waals surface area contributed by atoms with Crippen LogP contribution < -0.4 is 10.1 Å². The maximum absolute atomic E-state index is 12.1. The van der Waals surface area contributed by atoms with E-state index in [9.17, 15) is 9.59 Å². The van der Waals surface area contributed by atoms with E-state index < -0.39 is 0 Å². The van der Waals surface area contributed by atoms with Gasteiger partial charge in [0.05, 0.1) is 12.0 Å². The summed E-state index contributed by atoms with van der Waals surface area (Å²) in [5.41, 5.74) is 1.17. The third kappa shape index (κ3) is 5.74. The zero-order chi connectivity index (χ0) is 18.4. The lowest BCUT2D eigenvalue weighted by Crippen LogP contribution is -2.40. The minimum absolute atomic E-state index is 0.0150. The number of hydrogen-bond acceptors (Lipinski definition) is 4. The van der Waals surface area contributed by atoms with Crippen LogP contribution in [0.5, 0.6) is 5.75 Å². The molecule has 1 heterocycles. The Labute approximate surface area is 150 Å². The fraction of sp³-hybridized carbons (Fsp3) is 0.579. The molecule has 0 saturated carbocycles. The van der Waals surface area contributed by atoms with Crippen molar-refractivity contribution >= 4 is 11.8 Å². The van der Waals surface area contributed by atoms with Crippen molar-refractivity contribution < 1.29 is 14.3 Å². The summed E-state index contributed by atoms with van der Waals surface area (Å²) >= 11 is 0. The summed E-state index contributed by atoms with van der Waals surface area (Å²) in [6, 6.07) is 8.07. The van der Waals surface area contributed by atoms with Gasteiger partial charge in [-0.05, 0) is 31.5 Å². The molecule has 6 nitrogen and oxygen atoms in total. The minimum Gasteiger partial charge on any atom is -0.491 e. The predicted molar refractivity (Wildman–Crippen MR) is 97.3 cm³/mol. The summed E-state index contributed by atoms with van der Waals surface area (Å²) < 4.78 is 5.67. The van der Waals surface area contributed by atoms with Crippen molar-refractivity contribution in [3.8, 4) is 5.75 Å². The van der Waals surface area contributed by atoms with Gasteiger partial charge in [-0.15, -0.1) is 0 Å². The average molecular weight is 347 g/mol. The van der Waals surface area contributed by atoms with Crippen LogP contribution in [0.1, 0.15) is 26.3 Å². The molecule has 0 aliphatic carbocycles. The highest BCUT2D eigenvalue weighted by Gasteiger charge is 2.28. The van der Waals surface area contributed by atoms with Gasteiger partial charge < -0.3 is 15.0 Å². The number of rotatable bonds is 5. The maximum atomic E-state index is 12.1. The SMILES string of the molecule is CNC(=O)[C@H]1CN(Cc2ccc(OC(C)C)cc2)CCN(C(C)=O)C1. The second-order valence-corrected chi connectivity index (χ2v) is 6.82. The molecule has 1 fully saturated rings. The third-order valence-corrected chi connectivity index (χ3v) is 4.37. The molecular weight excluding hydrogens is 318 g/mol. The van der Waals surface area contributed by atoms with Gasteiger partial charge in [0.2, 0.25) is 11.8 Å². The predicted octanol–water partition coefficient (Wildman–Crippen LogP) is 1.50. The van der Waals surface area contributed by atoms with Crippen molar-refractivity contribution in [2.45, 2.75) is 33.4 Å². The van der Waals surface area contributed by atoms with Gasteiger partial charge in [0, 0.05) is 46.7 Å². The van der Waals surface area contributed by atoms with Crippen LogP contribution in [0.15, 0.2) is 24.3 Å². The van der Waals surface area contributed by atoms with E-state index in [0.29, 0.717) is 19.6 Å². The van der Waals surface area contributed by atoms with Gasteiger partial charge in [-0.25, -0.2) is 0 Å². The van der Waals surface area contributed by atoms with Gasteiger partial charge in [0.1, 0.15) is 5.75 Å². The van der Waals surface area contributed by atoms with Gasteiger partial charge >= 0.3 is 0 Å². The number of carbonyl (C=O) groups is 2. The zero-order valence-corrected chi connectivity index (χ0v) is 15.6. The Balaban J connectivity index is 2.04. The average Bonchev–Trinajstić information content (AvgIpc) is 2.78. The molecule has 1 aromatic carbocycles. The minimum atomic E-state index is -0.208. The second kappa shape index (κ2) is 8.85. The number of nitrogens with zero attached hydrogens (tertiary/aromatic N) is 2. The van der Waals surface area contributed by atoms with E-state index in [4.69, 9.17) is 4.74 Å². The van der Waals surface area contributed by atoms with Crippen molar-refractivity contribution in [3.63, 3.8) is 0 Å². The second-order valence-electron chi connectivity index (χ2n) is 6.82. The largest absolute Gasteiger partial charge is 0.491 e. The van der Waals surface area contributed by atoms with Gasteiger partial charge in [-0.2, -0.15) is 0 Å². The van der Waals surface area contributed by atoms with E-state index in [1.807, 2.05) is 26.0 Å². The molecule has 1 N–H and O–H groups in total. The van der Waals surface area contributed by atoms with Crippen LogP contribution >= 0.6 is 0 Å². The molecule has 1 aliphatic rings. The molecule has 0 spiro atoms. The Morgan fingerprint density at radius 1 is 1.20 bits per heavy atom. The summed E-state index contributed by atoms with van der Waals surface area (Å²) in [5, 5.41) is 2.71. The molecule has 2 amide bonds. The summed E-state index contributed by atoms with van der Waals surface area (Å²) in [6.45, 7) is 8.86. The van der Waals surface area contributed by atoms with Crippen molar-refractivity contribution in [1.82, 2.24) is 15.1 Å². The first-order chi connectivity index (χ1) is 11.9. The first-order valence-corrected chi connectivity index (χ1v) is 8.84. The fourth-order valence-electron chi connectivity index (χ4n) is 3.08. The molecule has 0 unspecified atom stereocenters.